The van der Waals surface area contributed by atoms with E-state index in [0.29, 0.717) is 0 Å². The summed E-state index contributed by atoms with van der Waals surface area (Å²) in [5.41, 5.74) is 1.09. The Morgan fingerprint density at radius 2 is 1.85 bits per heavy atom. The summed E-state index contributed by atoms with van der Waals surface area (Å²) in [7, 11) is 0. The third-order valence-corrected chi connectivity index (χ3v) is 1.66. The van der Waals surface area contributed by atoms with Crippen molar-refractivity contribution in [3.63, 3.8) is 0 Å². The van der Waals surface area contributed by atoms with Crippen molar-refractivity contribution in [1.82, 2.24) is 0 Å². The zero-order chi connectivity index (χ0) is 9.52. The quantitative estimate of drug-likeness (QED) is 0.621. The molecule has 0 heterocycles. The van der Waals surface area contributed by atoms with Crippen LogP contribution in [-0.2, 0) is 4.74 Å². The largest absolute Gasteiger partial charge is 0.359 e. The third-order valence-electron chi connectivity index (χ3n) is 1.66. The van der Waals surface area contributed by atoms with E-state index in [9.17, 15) is 0 Å². The van der Waals surface area contributed by atoms with Crippen LogP contribution in [0.25, 0.3) is 0 Å². The highest BCUT2D eigenvalue weighted by Gasteiger charge is 2.04. The molecule has 0 amide bonds. The van der Waals surface area contributed by atoms with E-state index in [1.807, 2.05) is 30.3 Å². The van der Waals surface area contributed by atoms with Crippen LogP contribution in [0.5, 0.6) is 0 Å². The summed E-state index contributed by atoms with van der Waals surface area (Å²) in [6.45, 7) is 8.83. The van der Waals surface area contributed by atoms with Crippen LogP contribution in [0, 0.1) is 6.61 Å². The van der Waals surface area contributed by atoms with Gasteiger partial charge in [0, 0.05) is 0 Å². The summed E-state index contributed by atoms with van der Waals surface area (Å²) in [4.78, 5) is 0. The molecule has 0 bridgehead atoms. The summed E-state index contributed by atoms with van der Waals surface area (Å²) in [6.07, 6.45) is 3.29. The summed E-state index contributed by atoms with van der Waals surface area (Å²) < 4.78 is 5.37. The molecule has 1 heteroatoms. The molecule has 0 saturated carbocycles. The molecule has 0 saturated heterocycles. The Hall–Kier alpha value is -1.34. The molecule has 1 radical (unpaired) electrons. The van der Waals surface area contributed by atoms with Gasteiger partial charge in [0.25, 0.3) is 0 Å². The summed E-state index contributed by atoms with van der Waals surface area (Å²) in [6, 6.07) is 9.93. The Bertz CT molecular complexity index is 264. The highest BCUT2D eigenvalue weighted by Crippen LogP contribution is 2.18. The molecular formula is C12H13O. The summed E-state index contributed by atoms with van der Waals surface area (Å²) >= 11 is 0. The molecule has 0 fully saturated rings. The minimum atomic E-state index is -0.0841. The lowest BCUT2D eigenvalue weighted by Gasteiger charge is -2.11. The smallest absolute Gasteiger partial charge is 0.106 e. The second kappa shape index (κ2) is 5.33. The molecule has 67 valence electrons. The Balaban J connectivity index is 2.66. The van der Waals surface area contributed by atoms with Crippen molar-refractivity contribution in [2.75, 3.05) is 0 Å². The molecule has 1 nitrogen and oxygen atoms in total. The van der Waals surface area contributed by atoms with Crippen molar-refractivity contribution in [2.24, 2.45) is 0 Å². The lowest BCUT2D eigenvalue weighted by molar-refractivity contribution is 0.159. The topological polar surface area (TPSA) is 9.23 Å². The van der Waals surface area contributed by atoms with Crippen LogP contribution in [0.2, 0.25) is 0 Å². The van der Waals surface area contributed by atoms with Gasteiger partial charge >= 0.3 is 0 Å². The monoisotopic (exact) mass is 173 g/mol. The molecule has 1 unspecified atom stereocenters. The number of benzene rings is 1. The first-order chi connectivity index (χ1) is 6.38. The molecular weight excluding hydrogens is 160 g/mol. The van der Waals surface area contributed by atoms with Crippen molar-refractivity contribution < 1.29 is 4.74 Å². The molecule has 0 aromatic heterocycles. The zero-order valence-electron chi connectivity index (χ0n) is 7.52. The summed E-state index contributed by atoms with van der Waals surface area (Å²) in [5, 5.41) is 0. The van der Waals surface area contributed by atoms with E-state index in [4.69, 9.17) is 4.74 Å². The molecule has 1 rings (SSSR count). The highest BCUT2D eigenvalue weighted by molar-refractivity contribution is 5.20. The van der Waals surface area contributed by atoms with Gasteiger partial charge in [-0.2, -0.15) is 0 Å². The predicted molar refractivity (Wildman–Crippen MR) is 55.0 cm³/mol. The van der Waals surface area contributed by atoms with E-state index in [1.54, 1.807) is 18.8 Å². The maximum Gasteiger partial charge on any atom is 0.106 e. The molecule has 0 N–H and O–H groups in total. The standard InChI is InChI=1S/C12H13O/c1-3-10-13-12(4-2)11-8-6-5-7-9-11/h3-10,12H,1-2H2. The van der Waals surface area contributed by atoms with Gasteiger partial charge in [0.05, 0.1) is 0 Å². The van der Waals surface area contributed by atoms with Crippen molar-refractivity contribution in [1.29, 1.82) is 0 Å². The van der Waals surface area contributed by atoms with Gasteiger partial charge in [-0.15, -0.1) is 13.2 Å². The number of ether oxygens (including phenoxy) is 1. The first-order valence-electron chi connectivity index (χ1n) is 4.15. The Morgan fingerprint density at radius 3 is 2.38 bits per heavy atom. The zero-order valence-corrected chi connectivity index (χ0v) is 7.52. The lowest BCUT2D eigenvalue weighted by Crippen LogP contribution is -1.97. The van der Waals surface area contributed by atoms with Gasteiger partial charge in [-0.25, -0.2) is 0 Å². The normalized spacial score (nSPS) is 12.0. The fourth-order valence-electron chi connectivity index (χ4n) is 1.05. The van der Waals surface area contributed by atoms with Gasteiger partial charge in [-0.3, -0.25) is 0 Å². The van der Waals surface area contributed by atoms with Crippen molar-refractivity contribution in [3.05, 3.63) is 67.8 Å². The predicted octanol–water partition coefficient (Wildman–Crippen LogP) is 3.28. The molecule has 1 atom stereocenters. The first kappa shape index (κ1) is 9.75. The van der Waals surface area contributed by atoms with Gasteiger partial charge < -0.3 is 4.74 Å². The Labute approximate surface area is 79.4 Å². The molecule has 0 aliphatic rings. The second-order valence-electron chi connectivity index (χ2n) is 2.57. The fraction of sp³-hybridized carbons (Fsp3) is 0.0833. The Kier molecular flexibility index (Phi) is 4.00. The second-order valence-corrected chi connectivity index (χ2v) is 2.57. The minimum absolute atomic E-state index is 0.0841. The van der Waals surface area contributed by atoms with E-state index < -0.39 is 0 Å². The lowest BCUT2D eigenvalue weighted by atomic mass is 10.1. The van der Waals surface area contributed by atoms with Gasteiger partial charge in [-0.1, -0.05) is 42.5 Å². The fourth-order valence-corrected chi connectivity index (χ4v) is 1.05. The Morgan fingerprint density at radius 1 is 1.15 bits per heavy atom. The minimum Gasteiger partial charge on any atom is -0.359 e. The maximum atomic E-state index is 5.37. The van der Waals surface area contributed by atoms with Gasteiger partial charge in [0.2, 0.25) is 0 Å². The average molecular weight is 173 g/mol. The maximum absolute atomic E-state index is 5.37. The van der Waals surface area contributed by atoms with Crippen molar-refractivity contribution in [3.8, 4) is 0 Å². The average Bonchev–Trinajstić information content (AvgIpc) is 2.21. The molecule has 1 aromatic carbocycles. The molecule has 13 heavy (non-hydrogen) atoms. The van der Waals surface area contributed by atoms with Gasteiger partial charge in [-0.05, 0) is 5.56 Å². The van der Waals surface area contributed by atoms with Crippen LogP contribution in [0.3, 0.4) is 0 Å². The number of hydrogen-bond acceptors (Lipinski definition) is 1. The van der Waals surface area contributed by atoms with E-state index in [-0.39, 0.29) is 6.10 Å². The van der Waals surface area contributed by atoms with Crippen LogP contribution < -0.4 is 0 Å². The number of hydrogen-bond donors (Lipinski definition) is 0. The van der Waals surface area contributed by atoms with Crippen molar-refractivity contribution >= 4 is 0 Å². The molecule has 0 spiro atoms. The van der Waals surface area contributed by atoms with Crippen LogP contribution >= 0.6 is 0 Å². The number of rotatable bonds is 5. The van der Waals surface area contributed by atoms with Crippen LogP contribution in [-0.4, -0.2) is 0 Å². The van der Waals surface area contributed by atoms with Crippen LogP contribution in [0.4, 0.5) is 0 Å². The highest BCUT2D eigenvalue weighted by atomic mass is 16.5. The van der Waals surface area contributed by atoms with Crippen molar-refractivity contribution in [2.45, 2.75) is 6.10 Å². The third kappa shape index (κ3) is 2.88. The SMILES string of the molecule is C=C[CH]OC(C=C)c1ccccc1. The molecule has 0 aliphatic carbocycles. The summed E-state index contributed by atoms with van der Waals surface area (Å²) in [5.74, 6) is 0. The molecule has 1 aromatic rings. The first-order valence-corrected chi connectivity index (χ1v) is 4.15. The van der Waals surface area contributed by atoms with E-state index in [2.05, 4.69) is 13.2 Å². The van der Waals surface area contributed by atoms with Crippen LogP contribution in [0.1, 0.15) is 11.7 Å². The molecule has 0 aliphatic heterocycles. The van der Waals surface area contributed by atoms with Gasteiger partial charge in [0.15, 0.2) is 0 Å². The van der Waals surface area contributed by atoms with E-state index >= 15 is 0 Å². The van der Waals surface area contributed by atoms with Gasteiger partial charge in [0.1, 0.15) is 12.7 Å². The van der Waals surface area contributed by atoms with E-state index in [0.717, 1.165) is 5.56 Å². The van der Waals surface area contributed by atoms with E-state index in [1.165, 1.54) is 0 Å². The van der Waals surface area contributed by atoms with Crippen LogP contribution in [0.15, 0.2) is 55.6 Å².